The van der Waals surface area contributed by atoms with Gasteiger partial charge in [0.15, 0.2) is 0 Å². The largest absolute Gasteiger partial charge is 0.219 e. The lowest BCUT2D eigenvalue weighted by molar-refractivity contribution is 0.604. The highest BCUT2D eigenvalue weighted by Gasteiger charge is 2.10. The van der Waals surface area contributed by atoms with Crippen LogP contribution in [0.3, 0.4) is 0 Å². The average Bonchev–Trinajstić information content (AvgIpc) is 2.49. The van der Waals surface area contributed by atoms with Gasteiger partial charge in [-0.3, -0.25) is 0 Å². The van der Waals surface area contributed by atoms with Crippen LogP contribution in [-0.2, 0) is 9.84 Å². The fourth-order valence-corrected chi connectivity index (χ4v) is 2.93. The minimum absolute atomic E-state index is 0.119. The highest BCUT2D eigenvalue weighted by atomic mass is 35.5. The molecule has 5 nitrogen and oxygen atoms in total. The average molecular weight is 358 g/mol. The molecule has 0 unspecified atom stereocenters. The number of nitrogens with zero attached hydrogens (tertiary/aromatic N) is 3. The van der Waals surface area contributed by atoms with E-state index in [0.29, 0.717) is 5.08 Å². The van der Waals surface area contributed by atoms with Crippen LogP contribution in [0, 0.1) is 32.7 Å². The highest BCUT2D eigenvalue weighted by molar-refractivity contribution is 8.20. The van der Waals surface area contributed by atoms with Crippen LogP contribution in [0.15, 0.2) is 45.7 Å². The van der Waals surface area contributed by atoms with E-state index in [-0.39, 0.29) is 9.93 Å². The maximum absolute atomic E-state index is 11.5. The number of thiocyanates is 2. The van der Waals surface area contributed by atoms with E-state index < -0.39 is 9.84 Å². The number of rotatable bonds is 4. The van der Waals surface area contributed by atoms with Crippen LogP contribution >= 0.6 is 35.1 Å². The van der Waals surface area contributed by atoms with E-state index in [9.17, 15) is 8.42 Å². The van der Waals surface area contributed by atoms with E-state index >= 15 is 0 Å². The Balaban J connectivity index is 0.000000486. The lowest BCUT2D eigenvalue weighted by Gasteiger charge is -1.96. The number of hydrogen-bond donors (Lipinski definition) is 0. The summed E-state index contributed by atoms with van der Waals surface area (Å²) < 4.78 is 23.0. The van der Waals surface area contributed by atoms with Crippen molar-refractivity contribution in [2.45, 2.75) is 4.90 Å². The van der Waals surface area contributed by atoms with E-state index in [4.69, 9.17) is 27.4 Å². The summed E-state index contributed by atoms with van der Waals surface area (Å²) >= 11 is 7.48. The molecule has 0 fully saturated rings. The van der Waals surface area contributed by atoms with E-state index in [0.717, 1.165) is 28.9 Å². The Morgan fingerprint density at radius 3 is 2.10 bits per heavy atom. The molecule has 0 bridgehead atoms. The molecule has 1 aromatic rings. The monoisotopic (exact) mass is 357 g/mol. The van der Waals surface area contributed by atoms with Crippen LogP contribution in [0.2, 0.25) is 0 Å². The third kappa shape index (κ3) is 9.01. The van der Waals surface area contributed by atoms with Crippen LogP contribution in [-0.4, -0.2) is 13.5 Å². The zero-order valence-electron chi connectivity index (χ0n) is 10.4. The zero-order valence-corrected chi connectivity index (χ0v) is 13.6. The van der Waals surface area contributed by atoms with Crippen molar-refractivity contribution in [1.29, 1.82) is 15.8 Å². The van der Waals surface area contributed by atoms with Crippen LogP contribution in [0.25, 0.3) is 0 Å². The first-order valence-electron chi connectivity index (χ1n) is 5.07. The number of nitriles is 3. The normalized spacial score (nSPS) is 10.3. The van der Waals surface area contributed by atoms with Crippen LogP contribution < -0.4 is 0 Å². The molecule has 0 N–H and O–H groups in total. The van der Waals surface area contributed by atoms with E-state index in [2.05, 4.69) is 0 Å². The minimum atomic E-state index is -3.59. The summed E-state index contributed by atoms with van der Waals surface area (Å²) in [6.07, 6.45) is 0. The van der Waals surface area contributed by atoms with Gasteiger partial charge >= 0.3 is 0 Å². The molecule has 0 atom stereocenters. The van der Waals surface area contributed by atoms with Crippen molar-refractivity contribution >= 4 is 45.0 Å². The standard InChI is InChI=1S/C9H6ClNO2S.C3H2N2S2/c10-8(6-11)7-14(12,13)9-4-2-1-3-5-9;4-1-6-3-7-2-5/h1-5,7H;3H2. The zero-order chi connectivity index (χ0) is 16.1. The van der Waals surface area contributed by atoms with Gasteiger partial charge < -0.3 is 0 Å². The predicted molar refractivity (Wildman–Crippen MR) is 84.5 cm³/mol. The Morgan fingerprint density at radius 1 is 1.14 bits per heavy atom. The van der Waals surface area contributed by atoms with Gasteiger partial charge in [0.1, 0.15) is 21.9 Å². The summed E-state index contributed by atoms with van der Waals surface area (Å²) in [6, 6.07) is 9.31. The van der Waals surface area contributed by atoms with Crippen LogP contribution in [0.1, 0.15) is 0 Å². The molecule has 0 radical (unpaired) electrons. The number of halogens is 1. The van der Waals surface area contributed by atoms with Crippen molar-refractivity contribution < 1.29 is 8.42 Å². The van der Waals surface area contributed by atoms with Crippen molar-refractivity contribution in [3.63, 3.8) is 0 Å². The molecule has 0 spiro atoms. The predicted octanol–water partition coefficient (Wildman–Crippen LogP) is 3.44. The van der Waals surface area contributed by atoms with Gasteiger partial charge in [-0.25, -0.2) is 8.42 Å². The van der Waals surface area contributed by atoms with Gasteiger partial charge in [-0.15, -0.1) is 0 Å². The number of hydrogen-bond acceptors (Lipinski definition) is 7. The fraction of sp³-hybridized carbons (Fsp3) is 0.0833. The molecule has 1 rings (SSSR count). The van der Waals surface area contributed by atoms with Gasteiger partial charge in [0.2, 0.25) is 9.84 Å². The highest BCUT2D eigenvalue weighted by Crippen LogP contribution is 2.14. The molecule has 0 heterocycles. The lowest BCUT2D eigenvalue weighted by Crippen LogP contribution is -1.95. The SMILES string of the molecule is N#CC(Cl)=CS(=O)(=O)c1ccccc1.N#CSCSC#N. The molecular formula is C12H8ClN3O2S3. The summed E-state index contributed by atoms with van der Waals surface area (Å²) in [4.78, 5) is 0.119. The van der Waals surface area contributed by atoms with E-state index in [1.165, 1.54) is 18.2 Å². The fourth-order valence-electron chi connectivity index (χ4n) is 0.923. The van der Waals surface area contributed by atoms with Crippen molar-refractivity contribution in [2.24, 2.45) is 0 Å². The topological polar surface area (TPSA) is 106 Å². The van der Waals surface area contributed by atoms with Crippen LogP contribution in [0.5, 0.6) is 0 Å². The van der Waals surface area contributed by atoms with Gasteiger partial charge in [-0.2, -0.15) is 15.8 Å². The van der Waals surface area contributed by atoms with Crippen molar-refractivity contribution in [3.8, 4) is 16.9 Å². The number of benzene rings is 1. The second-order valence-electron chi connectivity index (χ2n) is 3.02. The summed E-state index contributed by atoms with van der Waals surface area (Å²) in [7, 11) is -3.59. The molecule has 0 aliphatic carbocycles. The summed E-state index contributed by atoms with van der Waals surface area (Å²) in [6.45, 7) is 0. The molecule has 1 aromatic carbocycles. The second kappa shape index (κ2) is 11.1. The smallest absolute Gasteiger partial charge is 0.201 e. The number of thioether (sulfide) groups is 2. The summed E-state index contributed by atoms with van der Waals surface area (Å²) in [5, 5.41) is 28.7. The van der Waals surface area contributed by atoms with Gasteiger partial charge in [0, 0.05) is 0 Å². The third-order valence-corrected chi connectivity index (χ3v) is 4.68. The van der Waals surface area contributed by atoms with Crippen LogP contribution in [0.4, 0.5) is 0 Å². The minimum Gasteiger partial charge on any atom is -0.219 e. The molecule has 9 heteroatoms. The van der Waals surface area contributed by atoms with Crippen molar-refractivity contribution in [3.05, 3.63) is 40.8 Å². The Kier molecular flexibility index (Phi) is 10.2. The van der Waals surface area contributed by atoms with Gasteiger partial charge in [0.25, 0.3) is 0 Å². The maximum atomic E-state index is 11.5. The molecule has 0 saturated carbocycles. The summed E-state index contributed by atoms with van der Waals surface area (Å²) in [5.41, 5.74) is 0. The molecule has 21 heavy (non-hydrogen) atoms. The van der Waals surface area contributed by atoms with Crippen molar-refractivity contribution in [2.75, 3.05) is 5.08 Å². The Morgan fingerprint density at radius 2 is 1.67 bits per heavy atom. The number of allylic oxidation sites excluding steroid dienone is 1. The van der Waals surface area contributed by atoms with Gasteiger partial charge in [0.05, 0.1) is 15.4 Å². The first-order valence-corrected chi connectivity index (χ1v) is 8.96. The number of sulfone groups is 1. The Labute approximate surface area is 136 Å². The van der Waals surface area contributed by atoms with E-state index in [1.54, 1.807) is 18.2 Å². The van der Waals surface area contributed by atoms with Crippen molar-refractivity contribution in [1.82, 2.24) is 0 Å². The first-order chi connectivity index (χ1) is 9.97. The first kappa shape index (κ1) is 19.4. The molecule has 0 aliphatic heterocycles. The molecular weight excluding hydrogens is 350 g/mol. The van der Waals surface area contributed by atoms with Gasteiger partial charge in [-0.05, 0) is 35.7 Å². The summed E-state index contributed by atoms with van der Waals surface area (Å²) in [5.74, 6) is 0. The van der Waals surface area contributed by atoms with Gasteiger partial charge in [-0.1, -0.05) is 29.8 Å². The molecule has 0 amide bonds. The Hall–Kier alpha value is -1.63. The Bertz CT molecular complexity index is 684. The molecule has 0 aromatic heterocycles. The molecule has 108 valence electrons. The second-order valence-corrected chi connectivity index (χ2v) is 7.11. The third-order valence-electron chi connectivity index (χ3n) is 1.68. The lowest BCUT2D eigenvalue weighted by atomic mass is 10.4. The molecule has 0 aliphatic rings. The quantitative estimate of drug-likeness (QED) is 0.351. The van der Waals surface area contributed by atoms with E-state index in [1.807, 2.05) is 10.8 Å². The maximum Gasteiger partial charge on any atom is 0.201 e. The molecule has 0 saturated heterocycles.